The summed E-state index contributed by atoms with van der Waals surface area (Å²) >= 11 is 0. The Hall–Kier alpha value is -2.53. The van der Waals surface area contributed by atoms with E-state index in [1.165, 1.54) is 11.1 Å². The highest BCUT2D eigenvalue weighted by molar-refractivity contribution is 5.81. The lowest BCUT2D eigenvalue weighted by Gasteiger charge is -2.28. The maximum atomic E-state index is 12.9. The van der Waals surface area contributed by atoms with Crippen molar-refractivity contribution in [3.05, 3.63) is 59.2 Å². The van der Waals surface area contributed by atoms with Crippen LogP contribution in [0.3, 0.4) is 0 Å². The van der Waals surface area contributed by atoms with Crippen LogP contribution in [0.15, 0.2) is 42.5 Å². The summed E-state index contributed by atoms with van der Waals surface area (Å²) in [7, 11) is 3.35. The number of methoxy groups -OCH3 is 2. The van der Waals surface area contributed by atoms with Gasteiger partial charge in [0.25, 0.3) is 0 Å². The Balaban J connectivity index is 1.68. The number of aryl methyl sites for hydroxylation is 1. The minimum absolute atomic E-state index is 0.0374. The predicted octanol–water partition coefficient (Wildman–Crippen LogP) is 3.72. The molecule has 1 heterocycles. The molecule has 2 aromatic carbocycles. The quantitative estimate of drug-likeness (QED) is 0.827. The first kappa shape index (κ1) is 20.2. The number of carbonyl (C=O) groups is 1. The molecule has 0 radical (unpaired) electrons. The summed E-state index contributed by atoms with van der Waals surface area (Å²) in [5.41, 5.74) is 3.58. The summed E-state index contributed by atoms with van der Waals surface area (Å²) in [4.78, 5) is 15.2. The molecular formula is C23H30N2O3. The van der Waals surface area contributed by atoms with Crippen LogP contribution >= 0.6 is 0 Å². The highest BCUT2D eigenvalue weighted by atomic mass is 16.5. The average Bonchev–Trinajstić information content (AvgIpc) is 2.94. The van der Waals surface area contributed by atoms with Crippen LogP contribution in [0.2, 0.25) is 0 Å². The lowest BCUT2D eigenvalue weighted by Crippen LogP contribution is -2.45. The molecule has 28 heavy (non-hydrogen) atoms. The van der Waals surface area contributed by atoms with Crippen molar-refractivity contribution in [2.45, 2.75) is 45.3 Å². The van der Waals surface area contributed by atoms with Crippen molar-refractivity contribution in [3.8, 4) is 11.5 Å². The van der Waals surface area contributed by atoms with E-state index >= 15 is 0 Å². The highest BCUT2D eigenvalue weighted by Crippen LogP contribution is 2.26. The molecule has 0 bridgehead atoms. The highest BCUT2D eigenvalue weighted by Gasteiger charge is 2.26. The van der Waals surface area contributed by atoms with Crippen molar-refractivity contribution in [2.75, 3.05) is 20.8 Å². The molecule has 0 aromatic heterocycles. The van der Waals surface area contributed by atoms with E-state index in [0.29, 0.717) is 0 Å². The molecule has 0 spiro atoms. The lowest BCUT2D eigenvalue weighted by molar-refractivity contribution is -0.126. The van der Waals surface area contributed by atoms with Crippen LogP contribution in [-0.2, 0) is 17.8 Å². The van der Waals surface area contributed by atoms with Gasteiger partial charge in [-0.15, -0.1) is 0 Å². The molecule has 0 aliphatic carbocycles. The zero-order chi connectivity index (χ0) is 20.1. The fourth-order valence-electron chi connectivity index (χ4n) is 3.82. The monoisotopic (exact) mass is 382 g/mol. The largest absolute Gasteiger partial charge is 0.497 e. The lowest BCUT2D eigenvalue weighted by atomic mass is 10.0. The molecule has 1 N–H and O–H groups in total. The molecule has 2 aromatic rings. The van der Waals surface area contributed by atoms with Gasteiger partial charge in [-0.2, -0.15) is 0 Å². The number of para-hydroxylation sites is 1. The minimum Gasteiger partial charge on any atom is -0.497 e. The summed E-state index contributed by atoms with van der Waals surface area (Å²) in [6.07, 6.45) is 2.04. The fourth-order valence-corrected chi connectivity index (χ4v) is 3.82. The van der Waals surface area contributed by atoms with Crippen LogP contribution in [0.1, 0.15) is 43.0 Å². The molecule has 1 aliphatic rings. The molecule has 5 heteroatoms. The van der Waals surface area contributed by atoms with Crippen molar-refractivity contribution in [1.29, 1.82) is 0 Å². The Morgan fingerprint density at radius 1 is 1.07 bits per heavy atom. The van der Waals surface area contributed by atoms with Crippen LogP contribution in [0.4, 0.5) is 0 Å². The summed E-state index contributed by atoms with van der Waals surface area (Å²) in [6.45, 7) is 5.65. The number of amides is 1. The van der Waals surface area contributed by atoms with Gasteiger partial charge in [0.05, 0.1) is 26.3 Å². The number of fused-ring (bicyclic) bond motifs is 1. The SMILES string of the molecule is COc1ccc2c(c1)CCCN(C(C)C(=O)NC(C)c1ccccc1OC)C2. The van der Waals surface area contributed by atoms with Crippen molar-refractivity contribution < 1.29 is 14.3 Å². The Morgan fingerprint density at radius 3 is 2.61 bits per heavy atom. The van der Waals surface area contributed by atoms with Crippen molar-refractivity contribution in [3.63, 3.8) is 0 Å². The van der Waals surface area contributed by atoms with E-state index in [0.717, 1.165) is 43.0 Å². The van der Waals surface area contributed by atoms with Crippen LogP contribution in [0, 0.1) is 0 Å². The molecular weight excluding hydrogens is 352 g/mol. The van der Waals surface area contributed by atoms with E-state index < -0.39 is 0 Å². The number of benzene rings is 2. The third-order valence-corrected chi connectivity index (χ3v) is 5.57. The van der Waals surface area contributed by atoms with Gasteiger partial charge in [-0.1, -0.05) is 24.3 Å². The van der Waals surface area contributed by atoms with Gasteiger partial charge in [0, 0.05) is 12.1 Å². The van der Waals surface area contributed by atoms with E-state index in [-0.39, 0.29) is 18.0 Å². The van der Waals surface area contributed by atoms with Crippen molar-refractivity contribution in [1.82, 2.24) is 10.2 Å². The Labute approximate surface area is 167 Å². The molecule has 2 atom stereocenters. The molecule has 0 saturated carbocycles. The molecule has 0 fully saturated rings. The number of hydrogen-bond acceptors (Lipinski definition) is 4. The van der Waals surface area contributed by atoms with Crippen molar-refractivity contribution in [2.24, 2.45) is 0 Å². The third kappa shape index (κ3) is 4.47. The maximum Gasteiger partial charge on any atom is 0.237 e. The number of nitrogens with one attached hydrogen (secondary N) is 1. The Bertz CT molecular complexity index is 821. The Kier molecular flexibility index (Phi) is 6.57. The average molecular weight is 383 g/mol. The Morgan fingerprint density at radius 2 is 1.86 bits per heavy atom. The molecule has 5 nitrogen and oxygen atoms in total. The second-order valence-electron chi connectivity index (χ2n) is 7.36. The first-order chi connectivity index (χ1) is 13.5. The third-order valence-electron chi connectivity index (χ3n) is 5.57. The van der Waals surface area contributed by atoms with Crippen LogP contribution in [0.5, 0.6) is 11.5 Å². The fraction of sp³-hybridized carbons (Fsp3) is 0.435. The van der Waals surface area contributed by atoms with Crippen LogP contribution in [-0.4, -0.2) is 37.6 Å². The van der Waals surface area contributed by atoms with Gasteiger partial charge < -0.3 is 14.8 Å². The summed E-state index contributed by atoms with van der Waals surface area (Å²) < 4.78 is 10.8. The number of ether oxygens (including phenoxy) is 2. The normalized spacial score (nSPS) is 16.4. The van der Waals surface area contributed by atoms with Crippen molar-refractivity contribution >= 4 is 5.91 Å². The number of nitrogens with zero attached hydrogens (tertiary/aromatic N) is 1. The summed E-state index contributed by atoms with van der Waals surface area (Å²) in [5.74, 6) is 1.72. The van der Waals surface area contributed by atoms with Gasteiger partial charge >= 0.3 is 0 Å². The number of rotatable bonds is 6. The number of carbonyl (C=O) groups excluding carboxylic acids is 1. The van der Waals surface area contributed by atoms with E-state index in [1.807, 2.05) is 44.2 Å². The predicted molar refractivity (Wildman–Crippen MR) is 111 cm³/mol. The molecule has 0 saturated heterocycles. The van der Waals surface area contributed by atoms with E-state index in [1.54, 1.807) is 14.2 Å². The van der Waals surface area contributed by atoms with Gasteiger partial charge in [-0.3, -0.25) is 9.69 Å². The first-order valence-corrected chi connectivity index (χ1v) is 9.86. The van der Waals surface area contributed by atoms with Crippen LogP contribution < -0.4 is 14.8 Å². The molecule has 1 aliphatic heterocycles. The zero-order valence-electron chi connectivity index (χ0n) is 17.2. The topological polar surface area (TPSA) is 50.8 Å². The van der Waals surface area contributed by atoms with Crippen LogP contribution in [0.25, 0.3) is 0 Å². The molecule has 3 rings (SSSR count). The minimum atomic E-state index is -0.204. The smallest absolute Gasteiger partial charge is 0.237 e. The van der Waals surface area contributed by atoms with E-state index in [2.05, 4.69) is 22.3 Å². The second-order valence-corrected chi connectivity index (χ2v) is 7.36. The standard InChI is InChI=1S/C23H30N2O3/c1-16(21-9-5-6-10-22(21)28-4)24-23(26)17(2)25-13-7-8-18-14-20(27-3)12-11-19(18)15-25/h5-6,9-12,14,16-17H,7-8,13,15H2,1-4H3,(H,24,26). The molecule has 2 unspecified atom stereocenters. The second kappa shape index (κ2) is 9.11. The van der Waals surface area contributed by atoms with Gasteiger partial charge in [0.1, 0.15) is 11.5 Å². The van der Waals surface area contributed by atoms with Gasteiger partial charge in [0.2, 0.25) is 5.91 Å². The molecule has 1 amide bonds. The maximum absolute atomic E-state index is 12.9. The number of hydrogen-bond donors (Lipinski definition) is 1. The first-order valence-electron chi connectivity index (χ1n) is 9.86. The van der Waals surface area contributed by atoms with Gasteiger partial charge in [0.15, 0.2) is 0 Å². The summed E-state index contributed by atoms with van der Waals surface area (Å²) in [5, 5.41) is 3.15. The van der Waals surface area contributed by atoms with E-state index in [9.17, 15) is 4.79 Å². The molecule has 150 valence electrons. The van der Waals surface area contributed by atoms with E-state index in [4.69, 9.17) is 9.47 Å². The van der Waals surface area contributed by atoms with Gasteiger partial charge in [-0.25, -0.2) is 0 Å². The summed E-state index contributed by atoms with van der Waals surface area (Å²) in [6, 6.07) is 13.7. The van der Waals surface area contributed by atoms with Gasteiger partial charge in [-0.05, 0) is 62.6 Å². The zero-order valence-corrected chi connectivity index (χ0v) is 17.2.